The number of rotatable bonds is 24. The molecule has 208 valence electrons. The summed E-state index contributed by atoms with van der Waals surface area (Å²) in [6.45, 7) is 4.98. The molecule has 0 amide bonds. The summed E-state index contributed by atoms with van der Waals surface area (Å²) < 4.78 is 64.9. The summed E-state index contributed by atoms with van der Waals surface area (Å²) in [5.41, 5.74) is 0. The van der Waals surface area contributed by atoms with Gasteiger partial charge in [-0.25, -0.2) is 8.37 Å². The van der Waals surface area contributed by atoms with E-state index in [1.807, 2.05) is 0 Å². The molecule has 0 radical (unpaired) electrons. The lowest BCUT2D eigenvalue weighted by molar-refractivity contribution is 0.208. The van der Waals surface area contributed by atoms with Crippen molar-refractivity contribution in [3.63, 3.8) is 0 Å². The minimum atomic E-state index is -4.67. The van der Waals surface area contributed by atoms with Gasteiger partial charge in [0.15, 0.2) is 0 Å². The molecule has 2 N–H and O–H groups in total. The van der Waals surface area contributed by atoms with Gasteiger partial charge >= 0.3 is 20.8 Å². The third-order valence-electron chi connectivity index (χ3n) is 5.45. The van der Waals surface area contributed by atoms with Crippen LogP contribution < -0.4 is 0 Å². The van der Waals surface area contributed by atoms with Crippen LogP contribution in [0.4, 0.5) is 0 Å². The first-order valence-corrected chi connectivity index (χ1v) is 16.1. The van der Waals surface area contributed by atoms with E-state index >= 15 is 0 Å². The van der Waals surface area contributed by atoms with Gasteiger partial charge in [0.25, 0.3) is 0 Å². The molecule has 0 aliphatic carbocycles. The van der Waals surface area contributed by atoms with Crippen molar-refractivity contribution < 1.29 is 34.3 Å². The van der Waals surface area contributed by atoms with E-state index < -0.39 is 20.8 Å². The van der Waals surface area contributed by atoms with Gasteiger partial charge in [-0.3, -0.25) is 9.11 Å². The smallest absolute Gasteiger partial charge is 0.264 e. The Morgan fingerprint density at radius 2 is 0.647 bits per heavy atom. The van der Waals surface area contributed by atoms with Crippen LogP contribution in [0.1, 0.15) is 142 Å². The molecule has 0 aliphatic heterocycles. The monoisotopic (exact) mass is 532 g/mol. The molecule has 34 heavy (non-hydrogen) atoms. The van der Waals surface area contributed by atoms with Gasteiger partial charge in [0.05, 0.1) is 13.2 Å². The standard InChI is InChI=1S/C24H50O4S.H2O4S/c1-3-5-7-9-11-13-15-17-19-21-23-27-29(25,26)28-24-22-20-18-16-14-12-10-8-6-4-2;1-5(2,3)4/h3-24H2,1-2H3;(H2,1,2,3,4). The molecule has 0 spiro atoms. The minimum Gasteiger partial charge on any atom is -0.264 e. The summed E-state index contributed by atoms with van der Waals surface area (Å²) in [5.74, 6) is 0. The van der Waals surface area contributed by atoms with Crippen molar-refractivity contribution in [1.29, 1.82) is 0 Å². The average molecular weight is 533 g/mol. The van der Waals surface area contributed by atoms with Gasteiger partial charge in [-0.05, 0) is 12.8 Å². The van der Waals surface area contributed by atoms with Crippen molar-refractivity contribution in [3.05, 3.63) is 0 Å². The molecular weight excluding hydrogens is 480 g/mol. The van der Waals surface area contributed by atoms with Crippen LogP contribution in [0.2, 0.25) is 0 Å². The molecule has 8 nitrogen and oxygen atoms in total. The summed E-state index contributed by atoms with van der Waals surface area (Å²) in [4.78, 5) is 0. The molecule has 0 aromatic rings. The fourth-order valence-corrected chi connectivity index (χ4v) is 4.25. The molecule has 0 aromatic heterocycles. The maximum absolute atomic E-state index is 11.7. The lowest BCUT2D eigenvalue weighted by atomic mass is 10.1. The maximum Gasteiger partial charge on any atom is 0.399 e. The predicted octanol–water partition coefficient (Wildman–Crippen LogP) is 7.45. The minimum absolute atomic E-state index is 0.247. The largest absolute Gasteiger partial charge is 0.399 e. The Balaban J connectivity index is 0. The van der Waals surface area contributed by atoms with E-state index in [0.717, 1.165) is 38.5 Å². The molecule has 0 saturated carbocycles. The van der Waals surface area contributed by atoms with Crippen molar-refractivity contribution in [2.45, 2.75) is 142 Å². The summed E-state index contributed by atoms with van der Waals surface area (Å²) in [6, 6.07) is 0. The lowest BCUT2D eigenvalue weighted by Crippen LogP contribution is -2.12. The molecule has 0 atom stereocenters. The highest BCUT2D eigenvalue weighted by Crippen LogP contribution is 2.12. The maximum atomic E-state index is 11.7. The van der Waals surface area contributed by atoms with Gasteiger partial charge in [0.2, 0.25) is 0 Å². The van der Waals surface area contributed by atoms with Crippen LogP contribution in [0, 0.1) is 0 Å². The number of unbranched alkanes of at least 4 members (excludes halogenated alkanes) is 18. The van der Waals surface area contributed by atoms with E-state index in [1.54, 1.807) is 0 Å². The zero-order valence-corrected chi connectivity index (χ0v) is 23.3. The molecule has 0 saturated heterocycles. The Hall–Kier alpha value is -0.260. The van der Waals surface area contributed by atoms with E-state index in [-0.39, 0.29) is 13.2 Å². The van der Waals surface area contributed by atoms with Gasteiger partial charge in [-0.15, -0.1) is 0 Å². The second-order valence-electron chi connectivity index (χ2n) is 8.86. The summed E-state index contributed by atoms with van der Waals surface area (Å²) in [6.07, 6.45) is 24.4. The quantitative estimate of drug-likeness (QED) is 0.0968. The van der Waals surface area contributed by atoms with E-state index in [0.29, 0.717) is 0 Å². The third kappa shape index (κ3) is 39.0. The molecule has 0 fully saturated rings. The predicted molar refractivity (Wildman–Crippen MR) is 139 cm³/mol. The zero-order chi connectivity index (χ0) is 26.0. The average Bonchev–Trinajstić information content (AvgIpc) is 2.74. The van der Waals surface area contributed by atoms with E-state index in [2.05, 4.69) is 13.8 Å². The highest BCUT2D eigenvalue weighted by Gasteiger charge is 2.11. The molecule has 0 unspecified atom stereocenters. The summed E-state index contributed by atoms with van der Waals surface area (Å²) in [7, 11) is -8.47. The Bertz CT molecular complexity index is 566. The highest BCUT2D eigenvalue weighted by molar-refractivity contribution is 7.81. The molecule has 0 bridgehead atoms. The van der Waals surface area contributed by atoms with Crippen LogP contribution >= 0.6 is 0 Å². The first kappa shape index (κ1) is 35.9. The molecule has 0 heterocycles. The number of hydrogen-bond acceptors (Lipinski definition) is 6. The van der Waals surface area contributed by atoms with Crippen LogP contribution in [-0.4, -0.2) is 39.2 Å². The van der Waals surface area contributed by atoms with Crippen LogP contribution in [0.25, 0.3) is 0 Å². The van der Waals surface area contributed by atoms with E-state index in [1.165, 1.54) is 89.9 Å². The van der Waals surface area contributed by atoms with E-state index in [9.17, 15) is 8.42 Å². The van der Waals surface area contributed by atoms with Crippen LogP contribution in [-0.2, 0) is 29.2 Å². The van der Waals surface area contributed by atoms with Crippen LogP contribution in [0.15, 0.2) is 0 Å². The lowest BCUT2D eigenvalue weighted by Gasteiger charge is -2.06. The molecule has 0 aliphatic rings. The summed E-state index contributed by atoms with van der Waals surface area (Å²) in [5, 5.41) is 0. The normalized spacial score (nSPS) is 11.9. The number of hydrogen-bond donors (Lipinski definition) is 2. The third-order valence-corrected chi connectivity index (χ3v) is 6.36. The summed E-state index contributed by atoms with van der Waals surface area (Å²) >= 11 is 0. The van der Waals surface area contributed by atoms with Crippen molar-refractivity contribution in [2.24, 2.45) is 0 Å². The second kappa shape index (κ2) is 25.8. The first-order chi connectivity index (χ1) is 16.1. The van der Waals surface area contributed by atoms with Gasteiger partial charge in [0, 0.05) is 0 Å². The van der Waals surface area contributed by atoms with Crippen molar-refractivity contribution in [3.8, 4) is 0 Å². The van der Waals surface area contributed by atoms with Gasteiger partial charge in [-0.2, -0.15) is 16.8 Å². The van der Waals surface area contributed by atoms with Crippen LogP contribution in [0.5, 0.6) is 0 Å². The Labute approximate surface area is 210 Å². The van der Waals surface area contributed by atoms with Gasteiger partial charge in [0.1, 0.15) is 0 Å². The molecule has 10 heteroatoms. The fraction of sp³-hybridized carbons (Fsp3) is 1.00. The van der Waals surface area contributed by atoms with Crippen molar-refractivity contribution in [2.75, 3.05) is 13.2 Å². The van der Waals surface area contributed by atoms with E-state index in [4.69, 9.17) is 25.9 Å². The van der Waals surface area contributed by atoms with Crippen LogP contribution in [0.3, 0.4) is 0 Å². The first-order valence-electron chi connectivity index (χ1n) is 13.4. The Kier molecular flexibility index (Phi) is 27.3. The van der Waals surface area contributed by atoms with Crippen molar-refractivity contribution in [1.82, 2.24) is 0 Å². The second-order valence-corrected chi connectivity index (χ2v) is 11.0. The molecular formula is C24H52O8S2. The molecule has 0 aromatic carbocycles. The highest BCUT2D eigenvalue weighted by atomic mass is 32.3. The SMILES string of the molecule is CCCCCCCCCCCCOS(=O)(=O)OCCCCCCCCCCCC.O=S(=O)(O)O. The van der Waals surface area contributed by atoms with Gasteiger partial charge < -0.3 is 0 Å². The fourth-order valence-electron chi connectivity index (χ4n) is 3.53. The van der Waals surface area contributed by atoms with Crippen molar-refractivity contribution >= 4 is 20.8 Å². The topological polar surface area (TPSA) is 127 Å². The zero-order valence-electron chi connectivity index (χ0n) is 21.7. The molecule has 0 rings (SSSR count). The Morgan fingerprint density at radius 3 is 0.882 bits per heavy atom. The Morgan fingerprint density at radius 1 is 0.441 bits per heavy atom. The van der Waals surface area contributed by atoms with Gasteiger partial charge in [-0.1, -0.05) is 129 Å².